The van der Waals surface area contributed by atoms with Gasteiger partial charge in [0.1, 0.15) is 5.82 Å². The molecule has 0 aliphatic carbocycles. The van der Waals surface area contributed by atoms with Gasteiger partial charge in [-0.25, -0.2) is 14.2 Å². The summed E-state index contributed by atoms with van der Waals surface area (Å²) >= 11 is 1.25. The summed E-state index contributed by atoms with van der Waals surface area (Å²) in [7, 11) is 1.69. The number of pyridine rings is 2. The van der Waals surface area contributed by atoms with Crippen LogP contribution in [0.5, 0.6) is 0 Å². The lowest BCUT2D eigenvalue weighted by Crippen LogP contribution is -2.28. The summed E-state index contributed by atoms with van der Waals surface area (Å²) in [5.74, 6) is -0.537. The number of amides is 3. The van der Waals surface area contributed by atoms with Crippen LogP contribution in [0.15, 0.2) is 54.2 Å². The Labute approximate surface area is 193 Å². The lowest BCUT2D eigenvalue weighted by molar-refractivity contribution is 0.0782. The monoisotopic (exact) mass is 464 g/mol. The molecule has 0 bridgehead atoms. The van der Waals surface area contributed by atoms with Crippen LogP contribution in [0, 0.1) is 12.7 Å². The van der Waals surface area contributed by atoms with Gasteiger partial charge in [0.05, 0.1) is 29.0 Å². The van der Waals surface area contributed by atoms with Crippen LogP contribution in [-0.2, 0) is 13.1 Å². The number of carbonyl (C=O) groups excluding carboxylic acids is 2. The highest BCUT2D eigenvalue weighted by molar-refractivity contribution is 7.13. The van der Waals surface area contributed by atoms with Crippen molar-refractivity contribution in [1.29, 1.82) is 0 Å². The zero-order chi connectivity index (χ0) is 23.4. The van der Waals surface area contributed by atoms with E-state index in [1.54, 1.807) is 60.9 Å². The quantitative estimate of drug-likeness (QED) is 0.447. The van der Waals surface area contributed by atoms with E-state index in [2.05, 4.69) is 25.6 Å². The second kappa shape index (κ2) is 9.70. The highest BCUT2D eigenvalue weighted by Crippen LogP contribution is 2.20. The first-order valence-electron chi connectivity index (χ1n) is 10.1. The molecule has 0 fully saturated rings. The normalized spacial score (nSPS) is 10.8. The van der Waals surface area contributed by atoms with Crippen LogP contribution in [0.2, 0.25) is 0 Å². The standard InChI is InChI=1S/C23H21FN6O2S/c1-14-19(9-16-11-25-7-6-20(16)27-14)21(31)30(2)12-18-13-33-23(28-18)29-22(32)26-10-15-4-3-5-17(24)8-15/h3-9,11,13H,10,12H2,1-2H3,(H2,26,28,29,32). The zero-order valence-electron chi connectivity index (χ0n) is 18.0. The lowest BCUT2D eigenvalue weighted by Gasteiger charge is -2.17. The fourth-order valence-corrected chi connectivity index (χ4v) is 3.95. The van der Waals surface area contributed by atoms with E-state index in [4.69, 9.17) is 0 Å². The van der Waals surface area contributed by atoms with Crippen molar-refractivity contribution in [3.8, 4) is 0 Å². The molecule has 0 unspecified atom stereocenters. The largest absolute Gasteiger partial charge is 0.336 e. The van der Waals surface area contributed by atoms with Crippen molar-refractivity contribution in [3.63, 3.8) is 0 Å². The molecule has 10 heteroatoms. The molecule has 4 rings (SSSR count). The molecule has 2 N–H and O–H groups in total. The van der Waals surface area contributed by atoms with Crippen LogP contribution in [0.3, 0.4) is 0 Å². The molecule has 4 aromatic rings. The second-order valence-corrected chi connectivity index (χ2v) is 8.29. The fraction of sp³-hybridized carbons (Fsp3) is 0.174. The molecule has 0 radical (unpaired) electrons. The molecule has 3 aromatic heterocycles. The summed E-state index contributed by atoms with van der Waals surface area (Å²) in [6.45, 7) is 2.26. The first-order valence-corrected chi connectivity index (χ1v) is 11.0. The van der Waals surface area contributed by atoms with Gasteiger partial charge in [0, 0.05) is 36.8 Å². The number of nitrogens with one attached hydrogen (secondary N) is 2. The van der Waals surface area contributed by atoms with Crippen LogP contribution in [0.25, 0.3) is 10.9 Å². The molecule has 1 aromatic carbocycles. The number of aromatic nitrogens is 3. The molecule has 0 aliphatic heterocycles. The summed E-state index contributed by atoms with van der Waals surface area (Å²) in [5, 5.41) is 8.29. The van der Waals surface area contributed by atoms with Crippen molar-refractivity contribution in [2.24, 2.45) is 0 Å². The predicted molar refractivity (Wildman–Crippen MR) is 124 cm³/mol. The van der Waals surface area contributed by atoms with E-state index in [-0.39, 0.29) is 24.8 Å². The number of fused-ring (bicyclic) bond motifs is 1. The molecule has 8 nitrogen and oxygen atoms in total. The summed E-state index contributed by atoms with van der Waals surface area (Å²) < 4.78 is 13.2. The molecule has 0 aliphatic rings. The van der Waals surface area contributed by atoms with Gasteiger partial charge in [0.15, 0.2) is 5.13 Å². The summed E-state index contributed by atoms with van der Waals surface area (Å²) in [6, 6.07) is 9.16. The number of anilines is 1. The average molecular weight is 465 g/mol. The summed E-state index contributed by atoms with van der Waals surface area (Å²) in [5.41, 5.74) is 3.22. The van der Waals surface area contributed by atoms with Gasteiger partial charge in [-0.15, -0.1) is 11.3 Å². The molecule has 0 saturated carbocycles. The maximum atomic E-state index is 13.2. The van der Waals surface area contributed by atoms with Gasteiger partial charge in [-0.05, 0) is 36.8 Å². The van der Waals surface area contributed by atoms with Crippen molar-refractivity contribution in [3.05, 3.63) is 82.5 Å². The van der Waals surface area contributed by atoms with Gasteiger partial charge in [0.25, 0.3) is 5.91 Å². The van der Waals surface area contributed by atoms with Crippen molar-refractivity contribution < 1.29 is 14.0 Å². The van der Waals surface area contributed by atoms with Gasteiger partial charge in [-0.3, -0.25) is 20.1 Å². The number of rotatable bonds is 6. The van der Waals surface area contributed by atoms with E-state index in [1.807, 2.05) is 0 Å². The van der Waals surface area contributed by atoms with Crippen molar-refractivity contribution in [2.45, 2.75) is 20.0 Å². The van der Waals surface area contributed by atoms with Gasteiger partial charge in [0.2, 0.25) is 0 Å². The van der Waals surface area contributed by atoms with E-state index in [0.717, 1.165) is 10.9 Å². The Hall–Kier alpha value is -3.92. The number of halogens is 1. The molecule has 0 atom stereocenters. The maximum absolute atomic E-state index is 13.2. The van der Waals surface area contributed by atoms with E-state index >= 15 is 0 Å². The lowest BCUT2D eigenvalue weighted by atomic mass is 10.1. The smallest absolute Gasteiger partial charge is 0.321 e. The number of urea groups is 1. The van der Waals surface area contributed by atoms with E-state index in [9.17, 15) is 14.0 Å². The van der Waals surface area contributed by atoms with Crippen LogP contribution in [-0.4, -0.2) is 38.8 Å². The fourth-order valence-electron chi connectivity index (χ4n) is 3.26. The topological polar surface area (TPSA) is 100 Å². The second-order valence-electron chi connectivity index (χ2n) is 7.43. The number of hydrogen-bond acceptors (Lipinski definition) is 6. The number of nitrogens with zero attached hydrogens (tertiary/aromatic N) is 4. The minimum absolute atomic E-state index is 0.180. The van der Waals surface area contributed by atoms with Crippen LogP contribution in [0.1, 0.15) is 27.3 Å². The Bertz CT molecular complexity index is 1330. The molecule has 0 saturated heterocycles. The van der Waals surface area contributed by atoms with Crippen molar-refractivity contribution in [2.75, 3.05) is 12.4 Å². The molecule has 3 amide bonds. The van der Waals surface area contributed by atoms with E-state index < -0.39 is 6.03 Å². The van der Waals surface area contributed by atoms with Crippen molar-refractivity contribution in [1.82, 2.24) is 25.2 Å². The molecule has 33 heavy (non-hydrogen) atoms. The van der Waals surface area contributed by atoms with E-state index in [1.165, 1.54) is 23.5 Å². The Morgan fingerprint density at radius 3 is 2.85 bits per heavy atom. The molecule has 168 valence electrons. The minimum Gasteiger partial charge on any atom is -0.336 e. The number of thiazole rings is 1. The Kier molecular flexibility index (Phi) is 6.55. The Morgan fingerprint density at radius 1 is 1.18 bits per heavy atom. The molecular weight excluding hydrogens is 443 g/mol. The highest BCUT2D eigenvalue weighted by atomic mass is 32.1. The SMILES string of the molecule is Cc1nc2ccncc2cc1C(=O)N(C)Cc1csc(NC(=O)NCc2cccc(F)c2)n1. The van der Waals surface area contributed by atoms with Gasteiger partial charge in [-0.1, -0.05) is 12.1 Å². The summed E-state index contributed by atoms with van der Waals surface area (Å²) in [6.07, 6.45) is 3.34. The maximum Gasteiger partial charge on any atom is 0.321 e. The van der Waals surface area contributed by atoms with Crippen LogP contribution < -0.4 is 10.6 Å². The average Bonchev–Trinajstić information content (AvgIpc) is 3.23. The zero-order valence-corrected chi connectivity index (χ0v) is 18.8. The van der Waals surface area contributed by atoms with Crippen LogP contribution >= 0.6 is 11.3 Å². The first kappa shape index (κ1) is 22.3. The summed E-state index contributed by atoms with van der Waals surface area (Å²) in [4.78, 5) is 39.6. The number of carbonyl (C=O) groups is 2. The third-order valence-corrected chi connectivity index (χ3v) is 5.70. The van der Waals surface area contributed by atoms with Gasteiger partial charge < -0.3 is 10.2 Å². The number of aryl methyl sites for hydroxylation is 1. The number of hydrogen-bond donors (Lipinski definition) is 2. The predicted octanol–water partition coefficient (Wildman–Crippen LogP) is 4.13. The third-order valence-electron chi connectivity index (χ3n) is 4.90. The van der Waals surface area contributed by atoms with Crippen LogP contribution in [0.4, 0.5) is 14.3 Å². The Balaban J connectivity index is 1.35. The first-order chi connectivity index (χ1) is 15.9. The molecule has 0 spiro atoms. The van der Waals surface area contributed by atoms with Gasteiger partial charge >= 0.3 is 6.03 Å². The van der Waals surface area contributed by atoms with E-state index in [0.29, 0.717) is 27.6 Å². The molecular formula is C23H21FN6O2S. The van der Waals surface area contributed by atoms with Gasteiger partial charge in [-0.2, -0.15) is 0 Å². The highest BCUT2D eigenvalue weighted by Gasteiger charge is 2.18. The van der Waals surface area contributed by atoms with Crippen molar-refractivity contribution >= 4 is 39.3 Å². The minimum atomic E-state index is -0.448. The third kappa shape index (κ3) is 5.47. The number of benzene rings is 1. The Morgan fingerprint density at radius 2 is 2.03 bits per heavy atom. The molecule has 3 heterocycles.